The van der Waals surface area contributed by atoms with Gasteiger partial charge in [-0.25, -0.2) is 0 Å². The number of halogens is 3. The van der Waals surface area contributed by atoms with Crippen molar-refractivity contribution in [2.24, 2.45) is 0 Å². The summed E-state index contributed by atoms with van der Waals surface area (Å²) in [6.45, 7) is 0. The molecule has 3 heteroatoms. The average molecular weight is 459 g/mol. The fourth-order valence-corrected chi connectivity index (χ4v) is 4.70. The molecule has 0 fully saturated rings. The van der Waals surface area contributed by atoms with Crippen LogP contribution in [0.15, 0.2) is 45.3 Å². The highest BCUT2D eigenvalue weighted by molar-refractivity contribution is 9.11. The Bertz CT molecular complexity index is 614. The van der Waals surface area contributed by atoms with Gasteiger partial charge in [0.1, 0.15) is 0 Å². The fourth-order valence-electron chi connectivity index (χ4n) is 2.82. The van der Waals surface area contributed by atoms with E-state index in [0.29, 0.717) is 0 Å². The lowest BCUT2D eigenvalue weighted by molar-refractivity contribution is 0.684. The maximum atomic E-state index is 3.85. The molecule has 0 aromatic heterocycles. The molecule has 2 aromatic rings. The monoisotopic (exact) mass is 456 g/mol. The van der Waals surface area contributed by atoms with Crippen molar-refractivity contribution in [2.45, 2.75) is 30.5 Å². The maximum Gasteiger partial charge on any atom is 0.0645 e. The third-order valence-corrected chi connectivity index (χ3v) is 5.82. The second-order valence-electron chi connectivity index (χ2n) is 5.30. The smallest absolute Gasteiger partial charge is 0.0645 e. The van der Waals surface area contributed by atoms with E-state index in [1.54, 1.807) is 0 Å². The van der Waals surface area contributed by atoms with Crippen molar-refractivity contribution in [3.8, 4) is 0 Å². The minimum atomic E-state index is 0.239. The Morgan fingerprint density at radius 2 is 1.40 bits per heavy atom. The lowest BCUT2D eigenvalue weighted by Crippen LogP contribution is -2.04. The van der Waals surface area contributed by atoms with Crippen molar-refractivity contribution in [1.82, 2.24) is 0 Å². The van der Waals surface area contributed by atoms with Gasteiger partial charge in [0.25, 0.3) is 0 Å². The van der Waals surface area contributed by atoms with E-state index < -0.39 is 0 Å². The third kappa shape index (κ3) is 3.20. The zero-order valence-electron chi connectivity index (χ0n) is 11.0. The second kappa shape index (κ2) is 6.33. The molecule has 0 saturated carbocycles. The molecular weight excluding hydrogens is 444 g/mol. The highest BCUT2D eigenvalue weighted by atomic mass is 79.9. The molecule has 0 nitrogen and oxygen atoms in total. The number of alkyl halides is 1. The van der Waals surface area contributed by atoms with E-state index in [2.05, 4.69) is 84.2 Å². The Balaban J connectivity index is 1.95. The number of fused-ring (bicyclic) bond motifs is 1. The van der Waals surface area contributed by atoms with Crippen molar-refractivity contribution in [1.29, 1.82) is 0 Å². The lowest BCUT2D eigenvalue weighted by atomic mass is 9.89. The highest BCUT2D eigenvalue weighted by Crippen LogP contribution is 2.36. The summed E-state index contributed by atoms with van der Waals surface area (Å²) in [5.74, 6) is 0. The van der Waals surface area contributed by atoms with Gasteiger partial charge in [-0.15, -0.1) is 0 Å². The van der Waals surface area contributed by atoms with E-state index in [1.807, 2.05) is 0 Å². The quantitative estimate of drug-likeness (QED) is 0.446. The highest BCUT2D eigenvalue weighted by Gasteiger charge is 2.15. The van der Waals surface area contributed by atoms with Gasteiger partial charge in [0.2, 0.25) is 0 Å². The third-order valence-electron chi connectivity index (χ3n) is 3.84. The molecule has 0 aliphatic heterocycles. The van der Waals surface area contributed by atoms with E-state index in [9.17, 15) is 0 Å². The van der Waals surface area contributed by atoms with Crippen LogP contribution in [-0.2, 0) is 12.8 Å². The number of hydrogen-bond donors (Lipinski definition) is 0. The Hall–Kier alpha value is -0.120. The van der Waals surface area contributed by atoms with Crippen LogP contribution in [-0.4, -0.2) is 0 Å². The first-order valence-corrected chi connectivity index (χ1v) is 9.35. The van der Waals surface area contributed by atoms with Crippen LogP contribution < -0.4 is 0 Å². The molecule has 1 aliphatic rings. The van der Waals surface area contributed by atoms with Crippen molar-refractivity contribution >= 4 is 47.8 Å². The molecule has 1 unspecified atom stereocenters. The van der Waals surface area contributed by atoms with E-state index in [0.717, 1.165) is 8.95 Å². The zero-order valence-corrected chi connectivity index (χ0v) is 15.8. The fraction of sp³-hybridized carbons (Fsp3) is 0.294. The van der Waals surface area contributed by atoms with Crippen LogP contribution in [0.25, 0.3) is 0 Å². The Labute approximate surface area is 145 Å². The minimum Gasteiger partial charge on any atom is -0.0786 e. The van der Waals surface area contributed by atoms with Crippen molar-refractivity contribution in [2.75, 3.05) is 0 Å². The summed E-state index contributed by atoms with van der Waals surface area (Å²) in [5.41, 5.74) is 5.68. The van der Waals surface area contributed by atoms with Crippen LogP contribution in [0.3, 0.4) is 0 Å². The van der Waals surface area contributed by atoms with E-state index in [-0.39, 0.29) is 4.83 Å². The van der Waals surface area contributed by atoms with Gasteiger partial charge in [0.15, 0.2) is 0 Å². The van der Waals surface area contributed by atoms with Gasteiger partial charge in [0, 0.05) is 8.95 Å². The van der Waals surface area contributed by atoms with Gasteiger partial charge >= 0.3 is 0 Å². The minimum absolute atomic E-state index is 0.239. The van der Waals surface area contributed by atoms with Gasteiger partial charge < -0.3 is 0 Å². The van der Waals surface area contributed by atoms with Gasteiger partial charge in [-0.2, -0.15) is 0 Å². The predicted molar refractivity (Wildman–Crippen MR) is 95.7 cm³/mol. The van der Waals surface area contributed by atoms with Crippen LogP contribution >= 0.6 is 47.8 Å². The molecule has 1 aliphatic carbocycles. The molecule has 0 bridgehead atoms. The molecule has 0 heterocycles. The molecule has 0 saturated heterocycles. The molecular formula is C17H15Br3. The first kappa shape index (κ1) is 14.8. The lowest BCUT2D eigenvalue weighted by Gasteiger charge is -2.19. The number of hydrogen-bond acceptors (Lipinski definition) is 0. The van der Waals surface area contributed by atoms with Crippen LogP contribution in [0.1, 0.15) is 39.9 Å². The molecule has 104 valence electrons. The van der Waals surface area contributed by atoms with Gasteiger partial charge in [-0.1, -0.05) is 66.0 Å². The molecule has 2 aromatic carbocycles. The largest absolute Gasteiger partial charge is 0.0786 e. The SMILES string of the molecule is Brc1cc(Br)cc(C(Br)c2ccc3c(c2)CCCC3)c1. The first-order chi connectivity index (χ1) is 9.63. The number of benzene rings is 2. The van der Waals surface area contributed by atoms with E-state index in [4.69, 9.17) is 0 Å². The standard InChI is InChI=1S/C17H15Br3/c18-15-8-14(9-16(19)10-15)17(20)13-6-5-11-3-1-2-4-12(11)7-13/h5-10,17H,1-4H2. The van der Waals surface area contributed by atoms with Crippen LogP contribution in [0, 0.1) is 0 Å². The predicted octanol–water partition coefficient (Wildman–Crippen LogP) is 6.57. The maximum absolute atomic E-state index is 3.85. The molecule has 20 heavy (non-hydrogen) atoms. The van der Waals surface area contributed by atoms with Crippen molar-refractivity contribution in [3.05, 3.63) is 67.6 Å². The van der Waals surface area contributed by atoms with Crippen molar-refractivity contribution in [3.63, 3.8) is 0 Å². The van der Waals surface area contributed by atoms with Gasteiger partial charge in [-0.3, -0.25) is 0 Å². The van der Waals surface area contributed by atoms with E-state index >= 15 is 0 Å². The Morgan fingerprint density at radius 1 is 0.750 bits per heavy atom. The molecule has 0 radical (unpaired) electrons. The number of rotatable bonds is 2. The normalized spacial score (nSPS) is 15.8. The van der Waals surface area contributed by atoms with Gasteiger partial charge in [-0.05, 0) is 66.1 Å². The summed E-state index contributed by atoms with van der Waals surface area (Å²) in [6.07, 6.45) is 5.13. The number of aryl methyl sites for hydroxylation is 2. The van der Waals surface area contributed by atoms with Crippen molar-refractivity contribution < 1.29 is 0 Å². The van der Waals surface area contributed by atoms with Crippen LogP contribution in [0.2, 0.25) is 0 Å². The zero-order chi connectivity index (χ0) is 14.1. The molecule has 0 N–H and O–H groups in total. The second-order valence-corrected chi connectivity index (χ2v) is 8.05. The van der Waals surface area contributed by atoms with E-state index in [1.165, 1.54) is 47.9 Å². The Morgan fingerprint density at radius 3 is 2.10 bits per heavy atom. The molecule has 1 atom stereocenters. The summed E-state index contributed by atoms with van der Waals surface area (Å²) >= 11 is 11.0. The summed E-state index contributed by atoms with van der Waals surface area (Å²) in [6, 6.07) is 13.4. The molecule has 0 spiro atoms. The summed E-state index contributed by atoms with van der Waals surface area (Å²) in [5, 5.41) is 0. The Kier molecular flexibility index (Phi) is 4.68. The van der Waals surface area contributed by atoms with Crippen LogP contribution in [0.4, 0.5) is 0 Å². The van der Waals surface area contributed by atoms with Crippen LogP contribution in [0.5, 0.6) is 0 Å². The molecule has 3 rings (SSSR count). The molecule has 0 amide bonds. The van der Waals surface area contributed by atoms with Gasteiger partial charge in [0.05, 0.1) is 4.83 Å². The summed E-state index contributed by atoms with van der Waals surface area (Å²) in [4.78, 5) is 0.239. The topological polar surface area (TPSA) is 0 Å². The average Bonchev–Trinajstić information content (AvgIpc) is 2.45. The first-order valence-electron chi connectivity index (χ1n) is 6.85. The summed E-state index contributed by atoms with van der Waals surface area (Å²) in [7, 11) is 0. The summed E-state index contributed by atoms with van der Waals surface area (Å²) < 4.78 is 2.20.